The largest absolute Gasteiger partial charge is 0.497 e. The van der Waals surface area contributed by atoms with Crippen LogP contribution in [0.2, 0.25) is 0 Å². The zero-order chi connectivity index (χ0) is 23.2. The van der Waals surface area contributed by atoms with Gasteiger partial charge in [0.25, 0.3) is 11.8 Å². The van der Waals surface area contributed by atoms with Crippen LogP contribution in [0.5, 0.6) is 11.5 Å². The van der Waals surface area contributed by atoms with E-state index in [1.54, 1.807) is 42.0 Å². The number of carbonyl (C=O) groups excluding carboxylic acids is 2. The van der Waals surface area contributed by atoms with Gasteiger partial charge in [-0.3, -0.25) is 9.59 Å². The molecule has 0 radical (unpaired) electrons. The van der Waals surface area contributed by atoms with E-state index in [2.05, 4.69) is 0 Å². The molecule has 33 heavy (non-hydrogen) atoms. The van der Waals surface area contributed by atoms with Crippen LogP contribution < -0.4 is 9.47 Å². The van der Waals surface area contributed by atoms with Gasteiger partial charge in [-0.2, -0.15) is 0 Å². The first-order valence-corrected chi connectivity index (χ1v) is 12.2. The molecule has 7 nitrogen and oxygen atoms in total. The highest BCUT2D eigenvalue weighted by atomic mass is 32.2. The van der Waals surface area contributed by atoms with Crippen molar-refractivity contribution in [3.63, 3.8) is 0 Å². The molecule has 0 spiro atoms. The van der Waals surface area contributed by atoms with Gasteiger partial charge in [-0.1, -0.05) is 12.1 Å². The highest BCUT2D eigenvalue weighted by Gasteiger charge is 2.28. The average molecular weight is 471 g/mol. The number of hydrogen-bond donors (Lipinski definition) is 0. The lowest BCUT2D eigenvalue weighted by molar-refractivity contribution is 0.0531. The molecule has 2 aliphatic heterocycles. The summed E-state index contributed by atoms with van der Waals surface area (Å²) in [5, 5.41) is 0. The van der Waals surface area contributed by atoms with Crippen LogP contribution in [0, 0.1) is 0 Å². The minimum Gasteiger partial charge on any atom is -0.497 e. The third-order valence-electron chi connectivity index (χ3n) is 6.06. The molecule has 0 saturated carbocycles. The van der Waals surface area contributed by atoms with Crippen LogP contribution >= 0.6 is 11.8 Å². The molecule has 1 unspecified atom stereocenters. The van der Waals surface area contributed by atoms with Gasteiger partial charge in [0, 0.05) is 49.5 Å². The van der Waals surface area contributed by atoms with E-state index in [1.807, 2.05) is 29.2 Å². The van der Waals surface area contributed by atoms with Gasteiger partial charge in [0.05, 0.1) is 31.5 Å². The Morgan fingerprint density at radius 3 is 2.30 bits per heavy atom. The molecule has 0 aliphatic carbocycles. The molecular formula is C25H30N2O5S. The SMILES string of the molecule is COc1ccc(C(=O)N2CCN(C(=O)c3ccccc3SCC3CCCO3)CC2)c(OC)c1. The average Bonchev–Trinajstić information content (AvgIpc) is 3.40. The summed E-state index contributed by atoms with van der Waals surface area (Å²) in [7, 11) is 3.11. The first kappa shape index (κ1) is 23.4. The smallest absolute Gasteiger partial charge is 0.257 e. The maximum Gasteiger partial charge on any atom is 0.257 e. The van der Waals surface area contributed by atoms with Crippen molar-refractivity contribution in [3.05, 3.63) is 53.6 Å². The first-order valence-electron chi connectivity index (χ1n) is 11.2. The van der Waals surface area contributed by atoms with Gasteiger partial charge in [0.15, 0.2) is 0 Å². The van der Waals surface area contributed by atoms with Crippen molar-refractivity contribution >= 4 is 23.6 Å². The topological polar surface area (TPSA) is 68.3 Å². The van der Waals surface area contributed by atoms with Gasteiger partial charge < -0.3 is 24.0 Å². The molecule has 2 amide bonds. The second kappa shape index (κ2) is 10.9. The third kappa shape index (κ3) is 5.45. The number of carbonyl (C=O) groups is 2. The maximum atomic E-state index is 13.3. The quantitative estimate of drug-likeness (QED) is 0.577. The van der Waals surface area contributed by atoms with Crippen LogP contribution in [0.1, 0.15) is 33.6 Å². The van der Waals surface area contributed by atoms with E-state index in [9.17, 15) is 9.59 Å². The molecule has 8 heteroatoms. The van der Waals surface area contributed by atoms with Gasteiger partial charge in [0.1, 0.15) is 11.5 Å². The molecule has 4 rings (SSSR count). The minimum atomic E-state index is -0.103. The Hall–Kier alpha value is -2.71. The van der Waals surface area contributed by atoms with Crippen molar-refractivity contribution < 1.29 is 23.8 Å². The second-order valence-corrected chi connectivity index (χ2v) is 9.15. The molecule has 0 bridgehead atoms. The van der Waals surface area contributed by atoms with Crippen molar-refractivity contribution in [2.24, 2.45) is 0 Å². The second-order valence-electron chi connectivity index (χ2n) is 8.09. The van der Waals surface area contributed by atoms with Crippen LogP contribution in [0.25, 0.3) is 0 Å². The molecule has 2 aromatic carbocycles. The molecule has 2 heterocycles. The van der Waals surface area contributed by atoms with Crippen molar-refractivity contribution in [1.29, 1.82) is 0 Å². The highest BCUT2D eigenvalue weighted by Crippen LogP contribution is 2.29. The Morgan fingerprint density at radius 1 is 0.970 bits per heavy atom. The highest BCUT2D eigenvalue weighted by molar-refractivity contribution is 7.99. The summed E-state index contributed by atoms with van der Waals surface area (Å²) < 4.78 is 16.3. The Morgan fingerprint density at radius 2 is 1.67 bits per heavy atom. The van der Waals surface area contributed by atoms with E-state index >= 15 is 0 Å². The number of ether oxygens (including phenoxy) is 3. The maximum absolute atomic E-state index is 13.3. The number of nitrogens with zero attached hydrogens (tertiary/aromatic N) is 2. The Balaban J connectivity index is 1.38. The predicted molar refractivity (Wildman–Crippen MR) is 127 cm³/mol. The number of benzene rings is 2. The zero-order valence-electron chi connectivity index (χ0n) is 19.1. The lowest BCUT2D eigenvalue weighted by Crippen LogP contribution is -2.50. The van der Waals surface area contributed by atoms with Crippen LogP contribution in [0.4, 0.5) is 0 Å². The summed E-state index contributed by atoms with van der Waals surface area (Å²) in [5.74, 6) is 1.88. The van der Waals surface area contributed by atoms with Crippen LogP contribution in [-0.2, 0) is 4.74 Å². The Bertz CT molecular complexity index is 985. The van der Waals surface area contributed by atoms with Gasteiger partial charge >= 0.3 is 0 Å². The molecule has 176 valence electrons. The van der Waals surface area contributed by atoms with Crippen LogP contribution in [0.3, 0.4) is 0 Å². The monoisotopic (exact) mass is 470 g/mol. The zero-order valence-corrected chi connectivity index (χ0v) is 19.9. The Kier molecular flexibility index (Phi) is 7.77. The lowest BCUT2D eigenvalue weighted by Gasteiger charge is -2.35. The van der Waals surface area contributed by atoms with Crippen molar-refractivity contribution in [3.8, 4) is 11.5 Å². The molecule has 0 aromatic heterocycles. The van der Waals surface area contributed by atoms with E-state index in [1.165, 1.54) is 7.11 Å². The molecule has 0 N–H and O–H groups in total. The molecule has 2 aliphatic rings. The fraction of sp³-hybridized carbons (Fsp3) is 0.440. The first-order chi connectivity index (χ1) is 16.1. The summed E-state index contributed by atoms with van der Waals surface area (Å²) in [6, 6.07) is 12.9. The van der Waals surface area contributed by atoms with Crippen molar-refractivity contribution in [2.45, 2.75) is 23.8 Å². The summed E-state index contributed by atoms with van der Waals surface area (Å²) in [6.07, 6.45) is 2.46. The summed E-state index contributed by atoms with van der Waals surface area (Å²) in [6.45, 7) is 2.77. The van der Waals surface area contributed by atoms with Crippen LogP contribution in [-0.4, -0.2) is 80.5 Å². The Labute approximate surface area is 199 Å². The molecule has 2 aromatic rings. The third-order valence-corrected chi connectivity index (χ3v) is 7.26. The van der Waals surface area contributed by atoms with Gasteiger partial charge in [-0.05, 0) is 37.1 Å². The number of thioether (sulfide) groups is 1. The number of methoxy groups -OCH3 is 2. The predicted octanol–water partition coefficient (Wildman–Crippen LogP) is 3.57. The fourth-order valence-electron chi connectivity index (χ4n) is 4.16. The number of rotatable bonds is 7. The lowest BCUT2D eigenvalue weighted by atomic mass is 10.1. The normalized spacial score (nSPS) is 18.3. The standard InChI is InChI=1S/C25H30N2O5S/c1-30-18-9-10-20(22(16-18)31-2)24(28)26-11-13-27(14-12-26)25(29)21-7-3-4-8-23(21)33-17-19-6-5-15-32-19/h3-4,7-10,16,19H,5-6,11-15,17H2,1-2H3. The van der Waals surface area contributed by atoms with Gasteiger partial charge in [-0.15, -0.1) is 11.8 Å². The van der Waals surface area contributed by atoms with E-state index < -0.39 is 0 Å². The van der Waals surface area contributed by atoms with Gasteiger partial charge in [-0.25, -0.2) is 0 Å². The minimum absolute atomic E-state index is 0.0135. The number of hydrogen-bond acceptors (Lipinski definition) is 6. The molecule has 2 saturated heterocycles. The summed E-state index contributed by atoms with van der Waals surface area (Å²) >= 11 is 1.69. The van der Waals surface area contributed by atoms with E-state index in [-0.39, 0.29) is 17.9 Å². The van der Waals surface area contributed by atoms with E-state index in [0.717, 1.165) is 35.7 Å². The number of amides is 2. The molecule has 2 fully saturated rings. The fourth-order valence-corrected chi connectivity index (χ4v) is 5.27. The summed E-state index contributed by atoms with van der Waals surface area (Å²) in [5.41, 5.74) is 1.21. The van der Waals surface area contributed by atoms with Crippen molar-refractivity contribution in [2.75, 3.05) is 52.8 Å². The molecule has 1 atom stereocenters. The van der Waals surface area contributed by atoms with E-state index in [0.29, 0.717) is 43.2 Å². The van der Waals surface area contributed by atoms with Crippen LogP contribution in [0.15, 0.2) is 47.4 Å². The summed E-state index contributed by atoms with van der Waals surface area (Å²) in [4.78, 5) is 30.9. The van der Waals surface area contributed by atoms with Crippen molar-refractivity contribution in [1.82, 2.24) is 9.80 Å². The van der Waals surface area contributed by atoms with Gasteiger partial charge in [0.2, 0.25) is 0 Å². The molecular weight excluding hydrogens is 440 g/mol. The number of piperazine rings is 1. The van der Waals surface area contributed by atoms with E-state index in [4.69, 9.17) is 14.2 Å².